The van der Waals surface area contributed by atoms with E-state index in [1.165, 1.54) is 0 Å². The number of benzene rings is 2. The molecule has 1 amide bonds. The van der Waals surface area contributed by atoms with Crippen molar-refractivity contribution in [3.63, 3.8) is 0 Å². The second-order valence-corrected chi connectivity index (χ2v) is 6.74. The lowest BCUT2D eigenvalue weighted by Gasteiger charge is -2.27. The fourth-order valence-corrected chi connectivity index (χ4v) is 3.50. The van der Waals surface area contributed by atoms with Gasteiger partial charge in [-0.2, -0.15) is 0 Å². The largest absolute Gasteiger partial charge is 0.497 e. The molecule has 0 radical (unpaired) electrons. The molecular formula is C22H23NO4. The van der Waals surface area contributed by atoms with Crippen LogP contribution in [0.4, 0.5) is 0 Å². The van der Waals surface area contributed by atoms with Gasteiger partial charge in [-0.1, -0.05) is 48.9 Å². The third kappa shape index (κ3) is 4.42. The number of methoxy groups -OCH3 is 1. The minimum atomic E-state index is -0.860. The number of hydrogen-bond donors (Lipinski definition) is 1. The van der Waals surface area contributed by atoms with E-state index in [1.54, 1.807) is 19.2 Å². The highest BCUT2D eigenvalue weighted by Gasteiger charge is 2.38. The van der Waals surface area contributed by atoms with E-state index in [9.17, 15) is 14.4 Å². The summed E-state index contributed by atoms with van der Waals surface area (Å²) >= 11 is 0. The smallest absolute Gasteiger partial charge is 0.288 e. The standard InChI is InChI=1S/C22H23NO4/c1-27-17-12-10-16(11-13-17)18-8-5-9-19(20(18)24)21(25)22(26)23-14-15-6-3-2-4-7-15/h2-4,6-7,10-13,18-19H,5,8-9,14H2,1H3,(H,23,26). The van der Waals surface area contributed by atoms with Crippen LogP contribution in [0.15, 0.2) is 54.6 Å². The average molecular weight is 365 g/mol. The third-order valence-corrected chi connectivity index (χ3v) is 5.03. The molecule has 5 heteroatoms. The highest BCUT2D eigenvalue weighted by Crippen LogP contribution is 2.34. The fourth-order valence-electron chi connectivity index (χ4n) is 3.50. The van der Waals surface area contributed by atoms with Crippen molar-refractivity contribution in [2.75, 3.05) is 7.11 Å². The molecule has 140 valence electrons. The molecule has 27 heavy (non-hydrogen) atoms. The lowest BCUT2D eigenvalue weighted by Crippen LogP contribution is -2.41. The van der Waals surface area contributed by atoms with E-state index in [2.05, 4.69) is 5.32 Å². The summed E-state index contributed by atoms with van der Waals surface area (Å²) in [4.78, 5) is 37.7. The summed E-state index contributed by atoms with van der Waals surface area (Å²) in [7, 11) is 1.59. The van der Waals surface area contributed by atoms with E-state index in [4.69, 9.17) is 4.74 Å². The van der Waals surface area contributed by atoms with Gasteiger partial charge in [-0.25, -0.2) is 0 Å². The molecule has 1 fully saturated rings. The van der Waals surface area contributed by atoms with Gasteiger partial charge in [-0.3, -0.25) is 14.4 Å². The summed E-state index contributed by atoms with van der Waals surface area (Å²) in [5, 5.41) is 2.63. The first-order chi connectivity index (χ1) is 13.1. The minimum absolute atomic E-state index is 0.161. The van der Waals surface area contributed by atoms with Crippen molar-refractivity contribution in [3.05, 3.63) is 65.7 Å². The van der Waals surface area contributed by atoms with Gasteiger partial charge in [0.05, 0.1) is 13.0 Å². The quantitative estimate of drug-likeness (QED) is 0.631. The van der Waals surface area contributed by atoms with Crippen molar-refractivity contribution in [1.29, 1.82) is 0 Å². The highest BCUT2D eigenvalue weighted by molar-refractivity contribution is 6.40. The van der Waals surface area contributed by atoms with Crippen LogP contribution in [-0.4, -0.2) is 24.6 Å². The van der Waals surface area contributed by atoms with Gasteiger partial charge in [0.25, 0.3) is 5.91 Å². The summed E-state index contributed by atoms with van der Waals surface area (Å²) in [6.45, 7) is 0.272. The Kier molecular flexibility index (Phi) is 6.01. The lowest BCUT2D eigenvalue weighted by atomic mass is 9.75. The number of ether oxygens (including phenoxy) is 1. The van der Waals surface area contributed by atoms with Gasteiger partial charge in [0.1, 0.15) is 5.75 Å². The van der Waals surface area contributed by atoms with E-state index in [0.717, 1.165) is 23.3 Å². The summed E-state index contributed by atoms with van der Waals surface area (Å²) in [5.41, 5.74) is 1.77. The molecule has 2 aromatic carbocycles. The average Bonchev–Trinajstić information content (AvgIpc) is 2.72. The van der Waals surface area contributed by atoms with Crippen LogP contribution in [0.3, 0.4) is 0 Å². The van der Waals surface area contributed by atoms with Gasteiger partial charge in [-0.15, -0.1) is 0 Å². The minimum Gasteiger partial charge on any atom is -0.497 e. The van der Waals surface area contributed by atoms with Crippen LogP contribution in [-0.2, 0) is 20.9 Å². The van der Waals surface area contributed by atoms with Gasteiger partial charge in [0, 0.05) is 12.5 Å². The highest BCUT2D eigenvalue weighted by atomic mass is 16.5. The molecule has 0 heterocycles. The second-order valence-electron chi connectivity index (χ2n) is 6.74. The van der Waals surface area contributed by atoms with Crippen LogP contribution in [0, 0.1) is 5.92 Å². The van der Waals surface area contributed by atoms with Crippen LogP contribution in [0.2, 0.25) is 0 Å². The predicted molar refractivity (Wildman–Crippen MR) is 101 cm³/mol. The summed E-state index contributed by atoms with van der Waals surface area (Å²) in [5.74, 6) is -1.97. The molecule has 0 saturated heterocycles. The molecular weight excluding hydrogens is 342 g/mol. The van der Waals surface area contributed by atoms with Crippen molar-refractivity contribution in [1.82, 2.24) is 5.32 Å². The van der Waals surface area contributed by atoms with Gasteiger partial charge < -0.3 is 10.1 Å². The van der Waals surface area contributed by atoms with Gasteiger partial charge in [0.15, 0.2) is 5.78 Å². The van der Waals surface area contributed by atoms with Crippen molar-refractivity contribution < 1.29 is 19.1 Å². The third-order valence-electron chi connectivity index (χ3n) is 5.03. The van der Waals surface area contributed by atoms with Gasteiger partial charge in [0.2, 0.25) is 5.78 Å². The Balaban J connectivity index is 1.65. The Labute approximate surface area is 158 Å². The number of Topliss-reactive ketones (excluding diaryl/α,β-unsaturated/α-hetero) is 2. The number of ketones is 2. The molecule has 0 spiro atoms. The maximum Gasteiger partial charge on any atom is 0.288 e. The van der Waals surface area contributed by atoms with Gasteiger partial charge in [-0.05, 0) is 36.1 Å². The molecule has 2 unspecified atom stereocenters. The summed E-state index contributed by atoms with van der Waals surface area (Å²) < 4.78 is 5.15. The first-order valence-corrected chi connectivity index (χ1v) is 9.14. The number of carbonyl (C=O) groups excluding carboxylic acids is 3. The molecule has 0 bridgehead atoms. The van der Waals surface area contributed by atoms with Crippen LogP contribution < -0.4 is 10.1 Å². The monoisotopic (exact) mass is 365 g/mol. The zero-order valence-corrected chi connectivity index (χ0v) is 15.3. The zero-order valence-electron chi connectivity index (χ0n) is 15.3. The Bertz CT molecular complexity index is 814. The predicted octanol–water partition coefficient (Wildman–Crippen LogP) is 3.03. The Hall–Kier alpha value is -2.95. The molecule has 1 aliphatic rings. The van der Waals surface area contributed by atoms with E-state index in [1.807, 2.05) is 42.5 Å². The van der Waals surface area contributed by atoms with Crippen LogP contribution in [0.5, 0.6) is 5.75 Å². The Morgan fingerprint density at radius 2 is 1.74 bits per heavy atom. The van der Waals surface area contributed by atoms with Crippen molar-refractivity contribution in [3.8, 4) is 5.75 Å². The number of carbonyl (C=O) groups is 3. The topological polar surface area (TPSA) is 72.5 Å². The Morgan fingerprint density at radius 1 is 1.04 bits per heavy atom. The van der Waals surface area contributed by atoms with Crippen molar-refractivity contribution in [2.45, 2.75) is 31.7 Å². The fraction of sp³-hybridized carbons (Fsp3) is 0.318. The number of rotatable bonds is 6. The van der Waals surface area contributed by atoms with E-state index < -0.39 is 17.6 Å². The molecule has 1 saturated carbocycles. The molecule has 2 atom stereocenters. The molecule has 0 aromatic heterocycles. The van der Waals surface area contributed by atoms with Crippen molar-refractivity contribution >= 4 is 17.5 Å². The van der Waals surface area contributed by atoms with Crippen LogP contribution >= 0.6 is 0 Å². The molecule has 0 aliphatic heterocycles. The zero-order chi connectivity index (χ0) is 19.2. The van der Waals surface area contributed by atoms with Crippen molar-refractivity contribution in [2.24, 2.45) is 5.92 Å². The maximum atomic E-state index is 12.9. The number of amides is 1. The lowest BCUT2D eigenvalue weighted by molar-refractivity contribution is -0.145. The number of hydrogen-bond acceptors (Lipinski definition) is 4. The maximum absolute atomic E-state index is 12.9. The molecule has 2 aromatic rings. The molecule has 1 aliphatic carbocycles. The second kappa shape index (κ2) is 8.62. The number of nitrogens with one attached hydrogen (secondary N) is 1. The SMILES string of the molecule is COc1ccc(C2CCCC(C(=O)C(=O)NCc3ccccc3)C2=O)cc1. The van der Waals surface area contributed by atoms with Gasteiger partial charge >= 0.3 is 0 Å². The molecule has 1 N–H and O–H groups in total. The van der Waals surface area contributed by atoms with E-state index in [0.29, 0.717) is 12.8 Å². The molecule has 3 rings (SSSR count). The first-order valence-electron chi connectivity index (χ1n) is 9.14. The summed E-state index contributed by atoms with van der Waals surface area (Å²) in [6.07, 6.45) is 1.87. The van der Waals surface area contributed by atoms with Crippen LogP contribution in [0.25, 0.3) is 0 Å². The Morgan fingerprint density at radius 3 is 2.41 bits per heavy atom. The van der Waals surface area contributed by atoms with Crippen LogP contribution in [0.1, 0.15) is 36.3 Å². The summed E-state index contributed by atoms with van der Waals surface area (Å²) in [6, 6.07) is 16.7. The normalized spacial score (nSPS) is 19.4. The van der Waals surface area contributed by atoms with E-state index in [-0.39, 0.29) is 18.2 Å². The van der Waals surface area contributed by atoms with E-state index >= 15 is 0 Å². The first kappa shape index (κ1) is 18.8. The molecule has 5 nitrogen and oxygen atoms in total.